The molecule has 0 radical (unpaired) electrons. The molecule has 1 fully saturated rings. The summed E-state index contributed by atoms with van der Waals surface area (Å²) in [7, 11) is 0. The molecule has 3 aromatic rings. The highest BCUT2D eigenvalue weighted by atomic mass is 16.5. The van der Waals surface area contributed by atoms with Crippen LogP contribution in [0.25, 0.3) is 0 Å². The summed E-state index contributed by atoms with van der Waals surface area (Å²) in [5.74, 6) is 1.39. The van der Waals surface area contributed by atoms with Gasteiger partial charge in [-0.2, -0.15) is 0 Å². The van der Waals surface area contributed by atoms with Crippen LogP contribution in [0.3, 0.4) is 0 Å². The number of rotatable bonds is 7. The van der Waals surface area contributed by atoms with Crippen LogP contribution in [0.5, 0.6) is 5.75 Å². The van der Waals surface area contributed by atoms with E-state index in [-0.39, 0.29) is 7.43 Å². The van der Waals surface area contributed by atoms with E-state index in [9.17, 15) is 0 Å². The van der Waals surface area contributed by atoms with Gasteiger partial charge < -0.3 is 4.74 Å². The van der Waals surface area contributed by atoms with Crippen LogP contribution in [0.1, 0.15) is 68.2 Å². The summed E-state index contributed by atoms with van der Waals surface area (Å²) >= 11 is 0. The topological polar surface area (TPSA) is 22.1 Å². The molecular weight excluding hydrogens is 354 g/mol. The van der Waals surface area contributed by atoms with E-state index in [4.69, 9.17) is 4.74 Å². The summed E-state index contributed by atoms with van der Waals surface area (Å²) in [6.07, 6.45) is 11.1. The van der Waals surface area contributed by atoms with E-state index < -0.39 is 0 Å². The van der Waals surface area contributed by atoms with Gasteiger partial charge in [-0.1, -0.05) is 56.8 Å². The standard InChI is InChI=1S/C26H29NO.CH4/c1-2-21-12-13-23(19-26(21)28-24-10-6-7-11-24)25(22-8-4-3-5-9-22)18-20-14-16-27-17-15-20;/h3-5,8-9,12-17,19,24-25H,2,6-7,10-11,18H2,1H3;1H4/t25-;/m1./s1. The minimum absolute atomic E-state index is 0. The molecule has 1 heterocycles. The second-order valence-corrected chi connectivity index (χ2v) is 7.77. The third-order valence-corrected chi connectivity index (χ3v) is 5.86. The van der Waals surface area contributed by atoms with Crippen LogP contribution in [0.2, 0.25) is 0 Å². The van der Waals surface area contributed by atoms with Crippen molar-refractivity contribution in [2.45, 2.75) is 64.9 Å². The van der Waals surface area contributed by atoms with Crippen LogP contribution in [-0.2, 0) is 12.8 Å². The van der Waals surface area contributed by atoms with Crippen molar-refractivity contribution in [1.82, 2.24) is 4.98 Å². The second-order valence-electron chi connectivity index (χ2n) is 7.77. The summed E-state index contributed by atoms with van der Waals surface area (Å²) in [6.45, 7) is 2.21. The van der Waals surface area contributed by atoms with Crippen LogP contribution in [0.4, 0.5) is 0 Å². The highest BCUT2D eigenvalue weighted by molar-refractivity contribution is 5.43. The molecule has 1 saturated carbocycles. The molecule has 2 nitrogen and oxygen atoms in total. The summed E-state index contributed by atoms with van der Waals surface area (Å²) in [4.78, 5) is 4.17. The number of benzene rings is 2. The number of ether oxygens (including phenoxy) is 1. The fourth-order valence-electron chi connectivity index (χ4n) is 4.24. The van der Waals surface area contributed by atoms with Gasteiger partial charge >= 0.3 is 0 Å². The molecule has 2 heteroatoms. The molecule has 0 saturated heterocycles. The Morgan fingerprint density at radius 2 is 1.66 bits per heavy atom. The van der Waals surface area contributed by atoms with Gasteiger partial charge in [-0.15, -0.1) is 0 Å². The zero-order valence-electron chi connectivity index (χ0n) is 16.7. The predicted octanol–water partition coefficient (Wildman–Crippen LogP) is 6.98. The Bertz CT molecular complexity index is 870. The van der Waals surface area contributed by atoms with E-state index in [0.29, 0.717) is 12.0 Å². The first kappa shape index (κ1) is 21.1. The second kappa shape index (κ2) is 10.2. The Hall–Kier alpha value is -2.61. The van der Waals surface area contributed by atoms with Crippen molar-refractivity contribution in [2.75, 3.05) is 0 Å². The molecule has 29 heavy (non-hydrogen) atoms. The van der Waals surface area contributed by atoms with Crippen molar-refractivity contribution in [3.05, 3.63) is 95.3 Å². The number of nitrogens with zero attached hydrogens (tertiary/aromatic N) is 1. The fraction of sp³-hybridized carbons (Fsp3) is 0.370. The van der Waals surface area contributed by atoms with Crippen LogP contribution >= 0.6 is 0 Å². The number of hydrogen-bond acceptors (Lipinski definition) is 2. The van der Waals surface area contributed by atoms with E-state index >= 15 is 0 Å². The van der Waals surface area contributed by atoms with Crippen molar-refractivity contribution in [1.29, 1.82) is 0 Å². The molecule has 152 valence electrons. The van der Waals surface area contributed by atoms with Crippen LogP contribution in [-0.4, -0.2) is 11.1 Å². The first-order chi connectivity index (χ1) is 13.8. The Morgan fingerprint density at radius 3 is 2.34 bits per heavy atom. The highest BCUT2D eigenvalue weighted by Crippen LogP contribution is 2.34. The molecule has 0 bridgehead atoms. The Morgan fingerprint density at radius 1 is 0.931 bits per heavy atom. The molecule has 1 aromatic heterocycles. The SMILES string of the molecule is C.CCc1ccc([C@H](Cc2ccncc2)c2ccccc2)cc1OC1CCCC1. The zero-order chi connectivity index (χ0) is 19.2. The van der Waals surface area contributed by atoms with Crippen molar-refractivity contribution in [2.24, 2.45) is 0 Å². The quantitative estimate of drug-likeness (QED) is 0.436. The lowest BCUT2D eigenvalue weighted by Gasteiger charge is -2.22. The first-order valence-electron chi connectivity index (χ1n) is 10.6. The summed E-state index contributed by atoms with van der Waals surface area (Å²) in [6, 6.07) is 21.9. The Labute approximate surface area is 176 Å². The fourth-order valence-corrected chi connectivity index (χ4v) is 4.24. The van der Waals surface area contributed by atoms with Gasteiger partial charge in [0, 0.05) is 18.3 Å². The molecule has 1 aliphatic rings. The van der Waals surface area contributed by atoms with E-state index in [2.05, 4.69) is 72.6 Å². The third kappa shape index (κ3) is 5.26. The predicted molar refractivity (Wildman–Crippen MR) is 122 cm³/mol. The molecule has 0 amide bonds. The average Bonchev–Trinajstić information content (AvgIpc) is 3.26. The third-order valence-electron chi connectivity index (χ3n) is 5.86. The molecule has 0 N–H and O–H groups in total. The molecule has 2 aromatic carbocycles. The maximum absolute atomic E-state index is 6.46. The highest BCUT2D eigenvalue weighted by Gasteiger charge is 2.20. The normalized spacial score (nSPS) is 14.9. The monoisotopic (exact) mass is 387 g/mol. The maximum Gasteiger partial charge on any atom is 0.123 e. The van der Waals surface area contributed by atoms with E-state index in [1.807, 2.05) is 12.4 Å². The van der Waals surface area contributed by atoms with Gasteiger partial charge in [-0.25, -0.2) is 0 Å². The van der Waals surface area contributed by atoms with Crippen molar-refractivity contribution >= 4 is 0 Å². The lowest BCUT2D eigenvalue weighted by atomic mass is 9.85. The Balaban J connectivity index is 0.00000240. The van der Waals surface area contributed by atoms with E-state index in [1.54, 1.807) is 0 Å². The van der Waals surface area contributed by atoms with Gasteiger partial charge in [0.05, 0.1) is 6.10 Å². The molecule has 1 aliphatic carbocycles. The van der Waals surface area contributed by atoms with Crippen LogP contribution in [0, 0.1) is 0 Å². The summed E-state index contributed by atoms with van der Waals surface area (Å²) in [5, 5.41) is 0. The summed E-state index contributed by atoms with van der Waals surface area (Å²) < 4.78 is 6.46. The molecule has 1 atom stereocenters. The number of aryl methyl sites for hydroxylation is 1. The Kier molecular flexibility index (Phi) is 7.46. The van der Waals surface area contributed by atoms with Gasteiger partial charge in [0.25, 0.3) is 0 Å². The van der Waals surface area contributed by atoms with Gasteiger partial charge in [-0.3, -0.25) is 4.98 Å². The van der Waals surface area contributed by atoms with Gasteiger partial charge in [0.2, 0.25) is 0 Å². The smallest absolute Gasteiger partial charge is 0.123 e. The van der Waals surface area contributed by atoms with Gasteiger partial charge in [-0.05, 0) is 79.0 Å². The molecule has 0 unspecified atom stereocenters. The average molecular weight is 388 g/mol. The molecular formula is C27H33NO. The number of hydrogen-bond donors (Lipinski definition) is 0. The van der Waals surface area contributed by atoms with E-state index in [0.717, 1.165) is 18.6 Å². The number of aromatic nitrogens is 1. The minimum atomic E-state index is 0. The zero-order valence-corrected chi connectivity index (χ0v) is 16.7. The van der Waals surface area contributed by atoms with Gasteiger partial charge in [0.15, 0.2) is 0 Å². The maximum atomic E-state index is 6.46. The number of pyridine rings is 1. The summed E-state index contributed by atoms with van der Waals surface area (Å²) in [5.41, 5.74) is 5.29. The van der Waals surface area contributed by atoms with Crippen molar-refractivity contribution < 1.29 is 4.74 Å². The van der Waals surface area contributed by atoms with Gasteiger partial charge in [0.1, 0.15) is 5.75 Å². The lowest BCUT2D eigenvalue weighted by molar-refractivity contribution is 0.208. The largest absolute Gasteiger partial charge is 0.490 e. The first-order valence-corrected chi connectivity index (χ1v) is 10.6. The van der Waals surface area contributed by atoms with E-state index in [1.165, 1.54) is 47.9 Å². The van der Waals surface area contributed by atoms with Crippen molar-refractivity contribution in [3.8, 4) is 5.75 Å². The van der Waals surface area contributed by atoms with Crippen molar-refractivity contribution in [3.63, 3.8) is 0 Å². The minimum Gasteiger partial charge on any atom is -0.490 e. The van der Waals surface area contributed by atoms with Crippen LogP contribution < -0.4 is 4.74 Å². The lowest BCUT2D eigenvalue weighted by Crippen LogP contribution is -2.13. The molecule has 0 spiro atoms. The molecule has 4 rings (SSSR count). The van der Waals surface area contributed by atoms with Crippen LogP contribution in [0.15, 0.2) is 73.1 Å². The molecule has 0 aliphatic heterocycles.